The second-order valence-corrected chi connectivity index (χ2v) is 36.1. The molecule has 133 heavy (non-hydrogen) atoms. The molecule has 0 unspecified atom stereocenters. The largest absolute Gasteiger partial charge is 0.508 e. The first-order valence-electron chi connectivity index (χ1n) is 44.7. The number of alkyl halides is 8. The van der Waals surface area contributed by atoms with Crippen LogP contribution < -0.4 is 4.74 Å². The van der Waals surface area contributed by atoms with Crippen molar-refractivity contribution in [2.75, 3.05) is 27.3 Å². The number of benzene rings is 8. The molecule has 27 heteroatoms. The molecule has 3 N–H and O–H groups in total. The van der Waals surface area contributed by atoms with E-state index in [0.717, 1.165) is 102 Å². The molecule has 9 heterocycles. The summed E-state index contributed by atoms with van der Waals surface area (Å²) in [5.41, 5.74) is 12.5. The van der Waals surface area contributed by atoms with Crippen molar-refractivity contribution in [3.63, 3.8) is 0 Å². The standard InChI is InChI=1S/C14H23N3O2.C13H15F2N.2C12H12F3N.C12H14N4.C12H15NO.C11H11F2N.C10H14O.C9H11F.CH4/c1-9(2)12-6-13(17(15-12)10(3)4)14(18)16-7-11(8-16)19-5;1-9(2)16-11-7-5-4-6-10(11)8-12(16)13(3,14)15;1-7(2)10-6-16-11-4-3-8(5-9(10)11)12(13,14)15;1-8(2)16-6-5-9-3-4-10(7-11(9)16)12(13,14)15;1-8(2)15-10-6-4-5-7-11(10)16-12(15)13-9(3)14-16;1-7(2)10-6-13-11-4-8(3)12(14)5-9(10)11;1-7(2)14-4-3-8-5-9(12)10(13)6-11(8)14;1-8(2)9-5-4-6-10(7-9)11-3;1-7(2)8-3-5-9(10)6-4-8;/h6,9-11H,7-8H2,1-5H3;4-9H,1-3H3;3-7,16H,1-2H3;3-8H,1-2H3;4-8H,1-3H3;4-7,13-14H,1-3H3;3-7H,1-2H3;4-8H,1-3H3;3-7H,1-2H3;1H4. The molecule has 1 fully saturated rings. The number of nitrogens with one attached hydrogen (secondary N) is 2. The van der Waals surface area contributed by atoms with E-state index in [-0.39, 0.29) is 61.0 Å². The topological polar surface area (TPSA) is 158 Å². The van der Waals surface area contributed by atoms with Gasteiger partial charge < -0.3 is 47.7 Å². The van der Waals surface area contributed by atoms with Gasteiger partial charge in [-0.25, -0.2) is 22.0 Å². The molecule has 1 aliphatic heterocycles. The van der Waals surface area contributed by atoms with Crippen molar-refractivity contribution in [3.8, 4) is 11.5 Å². The van der Waals surface area contributed by atoms with Crippen molar-refractivity contribution in [3.05, 3.63) is 286 Å². The number of nitrogens with zero attached hydrogens (tertiary/aromatic N) is 10. The van der Waals surface area contributed by atoms with Crippen molar-refractivity contribution in [2.45, 2.75) is 251 Å². The fourth-order valence-corrected chi connectivity index (χ4v) is 15.2. The Kier molecular flexibility index (Phi) is 36.4. The Hall–Kier alpha value is -12.1. The Bertz CT molecular complexity index is 6260. The second-order valence-electron chi connectivity index (χ2n) is 36.1. The number of aromatic nitrogens is 11. The fraction of sp³-hybridized carbons (Fsp3) is 0.396. The number of fused-ring (bicyclic) bond motifs is 8. The van der Waals surface area contributed by atoms with Crippen LogP contribution in [0.15, 0.2) is 207 Å². The monoisotopic (exact) mass is 1850 g/mol. The lowest BCUT2D eigenvalue weighted by Gasteiger charge is -2.38. The Labute approximate surface area is 774 Å². The van der Waals surface area contributed by atoms with Crippen LogP contribution in [0.3, 0.4) is 0 Å². The quantitative estimate of drug-likeness (QED) is 0.0914. The number of aromatic amines is 2. The number of para-hydroxylation sites is 3. The molecule has 0 spiro atoms. The average Bonchev–Trinajstić information content (AvgIpc) is 1.59. The van der Waals surface area contributed by atoms with Gasteiger partial charge in [0.2, 0.25) is 5.78 Å². The second kappa shape index (κ2) is 45.5. The summed E-state index contributed by atoms with van der Waals surface area (Å²) in [4.78, 5) is 25.0. The van der Waals surface area contributed by atoms with Crippen molar-refractivity contribution in [1.82, 2.24) is 57.5 Å². The van der Waals surface area contributed by atoms with Gasteiger partial charge in [-0.3, -0.25) is 9.48 Å². The third kappa shape index (κ3) is 26.7. The third-order valence-corrected chi connectivity index (χ3v) is 22.6. The van der Waals surface area contributed by atoms with Gasteiger partial charge >= 0.3 is 12.4 Å². The molecule has 16 nitrogen and oxygen atoms in total. The highest BCUT2D eigenvalue weighted by molar-refractivity contribution is 5.94. The minimum absolute atomic E-state index is 0. The van der Waals surface area contributed by atoms with Gasteiger partial charge in [0.15, 0.2) is 11.6 Å². The van der Waals surface area contributed by atoms with Crippen LogP contribution in [0, 0.1) is 31.3 Å². The van der Waals surface area contributed by atoms with E-state index in [0.29, 0.717) is 65.1 Å². The molecule has 1 aliphatic rings. The molecular formula is C106H131F11N12O4. The zero-order chi connectivity index (χ0) is 97.6. The van der Waals surface area contributed by atoms with Gasteiger partial charge in [0.05, 0.1) is 52.3 Å². The van der Waals surface area contributed by atoms with E-state index in [2.05, 4.69) is 123 Å². The van der Waals surface area contributed by atoms with Gasteiger partial charge in [-0.2, -0.15) is 40.9 Å². The molecule has 8 aromatic heterocycles. The molecule has 8 aromatic carbocycles. The summed E-state index contributed by atoms with van der Waals surface area (Å²) in [6.07, 6.45) is -0.920. The fourth-order valence-electron chi connectivity index (χ4n) is 15.2. The molecule has 0 atom stereocenters. The number of aryl methyl sites for hydroxylation is 2. The van der Waals surface area contributed by atoms with Crippen LogP contribution in [0.1, 0.15) is 279 Å². The highest BCUT2D eigenvalue weighted by Gasteiger charge is 2.36. The van der Waals surface area contributed by atoms with Crippen LogP contribution in [0.25, 0.3) is 71.3 Å². The number of methoxy groups -OCH3 is 2. The molecule has 0 aliphatic carbocycles. The number of hydrogen-bond donors (Lipinski definition) is 3. The summed E-state index contributed by atoms with van der Waals surface area (Å²) in [5.74, 6) is 0.633. The summed E-state index contributed by atoms with van der Waals surface area (Å²) in [6.45, 7) is 47.2. The maximum atomic E-state index is 13.5. The lowest BCUT2D eigenvalue weighted by molar-refractivity contribution is -0.138. The number of H-pyrrole nitrogens is 2. The van der Waals surface area contributed by atoms with Gasteiger partial charge in [0, 0.05) is 132 Å². The number of rotatable bonds is 14. The van der Waals surface area contributed by atoms with E-state index in [1.165, 1.54) is 70.7 Å². The highest BCUT2D eigenvalue weighted by Crippen LogP contribution is 2.39. The average molecular weight is 1850 g/mol. The van der Waals surface area contributed by atoms with Gasteiger partial charge in [-0.1, -0.05) is 137 Å². The summed E-state index contributed by atoms with van der Waals surface area (Å²) in [7, 11) is 3.38. The molecular weight excluding hydrogens is 1710 g/mol. The minimum atomic E-state index is -4.28. The number of carbonyl (C=O) groups is 1. The van der Waals surface area contributed by atoms with E-state index in [4.69, 9.17) is 9.47 Å². The molecule has 0 bridgehead atoms. The van der Waals surface area contributed by atoms with Gasteiger partial charge in [0.1, 0.15) is 28.8 Å². The predicted molar refractivity (Wildman–Crippen MR) is 519 cm³/mol. The number of likely N-dealkylation sites (tertiary alicyclic amines) is 1. The van der Waals surface area contributed by atoms with E-state index in [1.54, 1.807) is 37.1 Å². The molecule has 16 aromatic rings. The SMILES string of the molecule is C.CC(C)c1c[nH]c2ccc(C(F)(F)F)cc12.CC(C)c1ccc(F)cc1.CC(C)n1c(C(C)(F)F)cc2ccccc21.CC(C)n1ccc2cc(F)c(F)cc21.CC(C)n1ccc2ccc(C(F)(F)F)cc21.COC1CN(C(=O)c2cc(C(C)C)nn2C(C)C)C1.COc1cccc(C(C)C)c1.Cc1cc2[nH]cc(C(C)C)c2cc1O.Cc1nc2n(C(C)C)c3ccccc3n2n1. The number of ether oxygens (including phenoxy) is 2. The molecule has 1 amide bonds. The van der Waals surface area contributed by atoms with E-state index in [9.17, 15) is 58.2 Å². The van der Waals surface area contributed by atoms with E-state index >= 15 is 0 Å². The molecule has 1 saturated heterocycles. The molecule has 716 valence electrons. The lowest BCUT2D eigenvalue weighted by atomic mass is 10.0. The molecule has 0 radical (unpaired) electrons. The third-order valence-electron chi connectivity index (χ3n) is 22.6. The van der Waals surface area contributed by atoms with Crippen LogP contribution in [-0.4, -0.2) is 102 Å². The summed E-state index contributed by atoms with van der Waals surface area (Å²) in [5, 5.41) is 22.8. The number of phenols is 1. The first-order valence-corrected chi connectivity index (χ1v) is 44.7. The lowest BCUT2D eigenvalue weighted by Crippen LogP contribution is -2.54. The van der Waals surface area contributed by atoms with E-state index in [1.807, 2.05) is 210 Å². The van der Waals surface area contributed by atoms with E-state index < -0.39 is 41.0 Å². The van der Waals surface area contributed by atoms with Crippen LogP contribution in [0.2, 0.25) is 0 Å². The van der Waals surface area contributed by atoms with Crippen molar-refractivity contribution in [1.29, 1.82) is 0 Å². The van der Waals surface area contributed by atoms with Crippen LogP contribution >= 0.6 is 0 Å². The molecule has 0 saturated carbocycles. The van der Waals surface area contributed by atoms with Crippen molar-refractivity contribution < 1.29 is 67.7 Å². The smallest absolute Gasteiger partial charge is 0.416 e. The summed E-state index contributed by atoms with van der Waals surface area (Å²) in [6, 6.07) is 52.6. The highest BCUT2D eigenvalue weighted by atomic mass is 19.4. The number of amides is 1. The number of carbonyl (C=O) groups excluding carboxylic acids is 1. The number of halogens is 11. The Morgan fingerprint density at radius 3 is 1.52 bits per heavy atom. The first-order chi connectivity index (χ1) is 61.9. The maximum Gasteiger partial charge on any atom is 0.416 e. The van der Waals surface area contributed by atoms with Crippen molar-refractivity contribution in [2.24, 2.45) is 0 Å². The van der Waals surface area contributed by atoms with Gasteiger partial charge in [-0.15, -0.1) is 5.10 Å². The van der Waals surface area contributed by atoms with Crippen molar-refractivity contribution >= 4 is 77.2 Å². The Balaban J connectivity index is 0.000000185. The zero-order valence-corrected chi connectivity index (χ0v) is 80.2. The minimum Gasteiger partial charge on any atom is -0.508 e. The summed E-state index contributed by atoms with van der Waals surface area (Å²) >= 11 is 0. The van der Waals surface area contributed by atoms with Crippen LogP contribution in [-0.2, 0) is 23.0 Å². The normalized spacial score (nSPS) is 12.4. The Morgan fingerprint density at radius 2 is 0.992 bits per heavy atom. The number of phenolic OH excluding ortho intramolecular Hbond substituents is 1. The first kappa shape index (κ1) is 106. The zero-order valence-electron chi connectivity index (χ0n) is 80.2. The van der Waals surface area contributed by atoms with Crippen LogP contribution in [0.4, 0.5) is 48.3 Å². The predicted octanol–water partition coefficient (Wildman–Crippen LogP) is 30.7. The number of hydrogen-bond acceptors (Lipinski definition) is 7. The number of imidazole rings is 1. The Morgan fingerprint density at radius 1 is 0.474 bits per heavy atom. The maximum absolute atomic E-state index is 13.5. The number of aromatic hydroxyl groups is 1. The summed E-state index contributed by atoms with van der Waals surface area (Å²) < 4.78 is 162. The molecule has 17 rings (SSSR count). The van der Waals surface area contributed by atoms with Crippen LogP contribution in [0.5, 0.6) is 11.5 Å². The van der Waals surface area contributed by atoms with Gasteiger partial charge in [0.25, 0.3) is 11.8 Å². The van der Waals surface area contributed by atoms with Gasteiger partial charge in [-0.05, 0) is 261 Å².